The lowest BCUT2D eigenvalue weighted by molar-refractivity contribution is 0.0134. The molecule has 0 N–H and O–H groups in total. The summed E-state index contributed by atoms with van der Waals surface area (Å²) in [6.07, 6.45) is 2.19. The van der Waals surface area contributed by atoms with Crippen molar-refractivity contribution in [2.75, 3.05) is 45.9 Å². The van der Waals surface area contributed by atoms with Crippen molar-refractivity contribution >= 4 is 0 Å². The van der Waals surface area contributed by atoms with Gasteiger partial charge in [0, 0.05) is 38.3 Å². The maximum absolute atomic E-state index is 9.09. The third kappa shape index (κ3) is 3.44. The number of piperidine rings is 1. The lowest BCUT2D eigenvalue weighted by atomic mass is 9.85. The van der Waals surface area contributed by atoms with E-state index in [2.05, 4.69) is 29.7 Å². The predicted molar refractivity (Wildman–Crippen MR) is 71.2 cm³/mol. The van der Waals surface area contributed by atoms with Crippen LogP contribution in [-0.4, -0.2) is 61.3 Å². The molecule has 2 rings (SSSR count). The molecule has 0 bridgehead atoms. The monoisotopic (exact) mass is 251 g/mol. The van der Waals surface area contributed by atoms with Gasteiger partial charge >= 0.3 is 0 Å². The first kappa shape index (κ1) is 13.8. The van der Waals surface area contributed by atoms with Crippen molar-refractivity contribution in [2.45, 2.75) is 32.2 Å². The van der Waals surface area contributed by atoms with Crippen LogP contribution in [0, 0.1) is 17.2 Å². The molecule has 0 aromatic rings. The summed E-state index contributed by atoms with van der Waals surface area (Å²) in [5.41, 5.74) is 0.250. The van der Waals surface area contributed by atoms with E-state index in [0.29, 0.717) is 0 Å². The number of hydrogen-bond acceptors (Lipinski definition) is 4. The minimum atomic E-state index is 0.225. The average Bonchev–Trinajstić information content (AvgIpc) is 2.38. The summed E-state index contributed by atoms with van der Waals surface area (Å²) in [7, 11) is 0. The molecule has 0 aromatic heterocycles. The van der Waals surface area contributed by atoms with Crippen LogP contribution in [0.4, 0.5) is 0 Å². The lowest BCUT2D eigenvalue weighted by Gasteiger charge is -2.45. The van der Waals surface area contributed by atoms with Crippen LogP contribution < -0.4 is 0 Å². The van der Waals surface area contributed by atoms with Crippen molar-refractivity contribution in [1.29, 1.82) is 5.26 Å². The van der Waals surface area contributed by atoms with Crippen LogP contribution in [0.3, 0.4) is 0 Å². The molecule has 4 nitrogen and oxygen atoms in total. The summed E-state index contributed by atoms with van der Waals surface area (Å²) >= 11 is 0. The summed E-state index contributed by atoms with van der Waals surface area (Å²) in [5.74, 6) is 0.225. The molecule has 2 aliphatic heterocycles. The van der Waals surface area contributed by atoms with E-state index in [4.69, 9.17) is 10.00 Å². The van der Waals surface area contributed by atoms with Crippen LogP contribution in [0.15, 0.2) is 0 Å². The molecule has 2 fully saturated rings. The second-order valence-corrected chi connectivity index (χ2v) is 6.08. The maximum atomic E-state index is 9.09. The summed E-state index contributed by atoms with van der Waals surface area (Å²) < 4.78 is 5.37. The van der Waals surface area contributed by atoms with Crippen LogP contribution in [-0.2, 0) is 4.74 Å². The van der Waals surface area contributed by atoms with Crippen LogP contribution in [0.5, 0.6) is 0 Å². The number of ether oxygens (including phenoxy) is 1. The van der Waals surface area contributed by atoms with Gasteiger partial charge < -0.3 is 4.74 Å². The van der Waals surface area contributed by atoms with Gasteiger partial charge in [0.2, 0.25) is 0 Å². The first-order valence-electron chi connectivity index (χ1n) is 7.06. The van der Waals surface area contributed by atoms with Crippen molar-refractivity contribution in [3.63, 3.8) is 0 Å². The fourth-order valence-electron chi connectivity index (χ4n) is 2.88. The minimum absolute atomic E-state index is 0.225. The molecule has 0 aliphatic carbocycles. The molecule has 0 amide bonds. The van der Waals surface area contributed by atoms with Crippen LogP contribution in [0.2, 0.25) is 0 Å². The molecule has 1 atom stereocenters. The van der Waals surface area contributed by atoms with E-state index in [-0.39, 0.29) is 11.5 Å². The Bertz CT molecular complexity index is 305. The molecule has 2 aliphatic rings. The zero-order chi connectivity index (χ0) is 13.0. The van der Waals surface area contributed by atoms with Gasteiger partial charge in [-0.1, -0.05) is 0 Å². The summed E-state index contributed by atoms with van der Waals surface area (Å²) in [4.78, 5) is 4.97. The van der Waals surface area contributed by atoms with E-state index >= 15 is 0 Å². The molecular formula is C14H25N3O. The summed E-state index contributed by atoms with van der Waals surface area (Å²) in [6, 6.07) is 2.43. The van der Waals surface area contributed by atoms with Gasteiger partial charge in [0.25, 0.3) is 0 Å². The Morgan fingerprint density at radius 3 is 2.67 bits per heavy atom. The highest BCUT2D eigenvalue weighted by atomic mass is 16.5. The highest BCUT2D eigenvalue weighted by Crippen LogP contribution is 2.29. The quantitative estimate of drug-likeness (QED) is 0.759. The molecule has 1 unspecified atom stereocenters. The smallest absolute Gasteiger partial charge is 0.0669 e. The molecule has 4 heteroatoms. The van der Waals surface area contributed by atoms with Gasteiger partial charge in [-0.05, 0) is 26.7 Å². The largest absolute Gasteiger partial charge is 0.379 e. The van der Waals surface area contributed by atoms with Gasteiger partial charge in [-0.2, -0.15) is 5.26 Å². The number of morpholine rings is 1. The van der Waals surface area contributed by atoms with E-state index in [0.717, 1.165) is 58.8 Å². The topological polar surface area (TPSA) is 39.5 Å². The normalized spacial score (nSPS) is 29.9. The highest BCUT2D eigenvalue weighted by Gasteiger charge is 2.34. The fourth-order valence-corrected chi connectivity index (χ4v) is 2.88. The second kappa shape index (κ2) is 6.01. The SMILES string of the molecule is CC1(C)CCC(C#N)CN1CCN1CCOCC1. The Morgan fingerprint density at radius 2 is 2.00 bits per heavy atom. The number of likely N-dealkylation sites (tertiary alicyclic amines) is 1. The highest BCUT2D eigenvalue weighted by molar-refractivity contribution is 4.96. The minimum Gasteiger partial charge on any atom is -0.379 e. The third-order valence-electron chi connectivity index (χ3n) is 4.37. The fraction of sp³-hybridized carbons (Fsp3) is 0.929. The van der Waals surface area contributed by atoms with E-state index in [1.165, 1.54) is 0 Å². The first-order valence-corrected chi connectivity index (χ1v) is 7.06. The first-order chi connectivity index (χ1) is 8.62. The van der Waals surface area contributed by atoms with Crippen molar-refractivity contribution in [3.05, 3.63) is 0 Å². The summed E-state index contributed by atoms with van der Waals surface area (Å²) in [6.45, 7) is 11.6. The van der Waals surface area contributed by atoms with Crippen molar-refractivity contribution in [2.24, 2.45) is 5.92 Å². The van der Waals surface area contributed by atoms with Crippen LogP contribution in [0.1, 0.15) is 26.7 Å². The van der Waals surface area contributed by atoms with E-state index in [1.807, 2.05) is 0 Å². The van der Waals surface area contributed by atoms with E-state index in [9.17, 15) is 0 Å². The Morgan fingerprint density at radius 1 is 1.28 bits per heavy atom. The molecule has 0 aromatic carbocycles. The number of hydrogen-bond donors (Lipinski definition) is 0. The van der Waals surface area contributed by atoms with Crippen LogP contribution >= 0.6 is 0 Å². The average molecular weight is 251 g/mol. The second-order valence-electron chi connectivity index (χ2n) is 6.08. The lowest BCUT2D eigenvalue weighted by Crippen LogP contribution is -2.53. The van der Waals surface area contributed by atoms with E-state index in [1.54, 1.807) is 0 Å². The number of rotatable bonds is 3. The Hall–Kier alpha value is -0.630. The number of nitrogens with zero attached hydrogens (tertiary/aromatic N) is 3. The van der Waals surface area contributed by atoms with Crippen molar-refractivity contribution in [3.8, 4) is 6.07 Å². The number of nitriles is 1. The third-order valence-corrected chi connectivity index (χ3v) is 4.37. The van der Waals surface area contributed by atoms with Gasteiger partial charge in [-0.15, -0.1) is 0 Å². The summed E-state index contributed by atoms with van der Waals surface area (Å²) in [5, 5.41) is 9.09. The maximum Gasteiger partial charge on any atom is 0.0669 e. The van der Waals surface area contributed by atoms with Gasteiger partial charge in [-0.3, -0.25) is 9.80 Å². The zero-order valence-electron chi connectivity index (χ0n) is 11.7. The van der Waals surface area contributed by atoms with Gasteiger partial charge in [-0.25, -0.2) is 0 Å². The molecule has 0 saturated carbocycles. The van der Waals surface area contributed by atoms with Crippen molar-refractivity contribution < 1.29 is 4.74 Å². The molecular weight excluding hydrogens is 226 g/mol. The molecule has 18 heavy (non-hydrogen) atoms. The Kier molecular flexibility index (Phi) is 4.60. The molecule has 102 valence electrons. The molecule has 0 radical (unpaired) electrons. The van der Waals surface area contributed by atoms with E-state index < -0.39 is 0 Å². The Balaban J connectivity index is 1.83. The van der Waals surface area contributed by atoms with Crippen molar-refractivity contribution in [1.82, 2.24) is 9.80 Å². The Labute approximate surface area is 110 Å². The molecule has 2 heterocycles. The standard InChI is InChI=1S/C14H25N3O/c1-14(2)4-3-13(11-15)12-17(14)6-5-16-7-9-18-10-8-16/h13H,3-10,12H2,1-2H3. The molecule has 2 saturated heterocycles. The molecule has 0 spiro atoms. The predicted octanol–water partition coefficient (Wildman–Crippen LogP) is 1.33. The van der Waals surface area contributed by atoms with Gasteiger partial charge in [0.1, 0.15) is 0 Å². The van der Waals surface area contributed by atoms with Gasteiger partial charge in [0.05, 0.1) is 25.2 Å². The van der Waals surface area contributed by atoms with Gasteiger partial charge in [0.15, 0.2) is 0 Å². The zero-order valence-corrected chi connectivity index (χ0v) is 11.7. The van der Waals surface area contributed by atoms with Crippen LogP contribution in [0.25, 0.3) is 0 Å².